The number of esters is 1. The fourth-order valence-electron chi connectivity index (χ4n) is 2.12. The van der Waals surface area contributed by atoms with Crippen molar-refractivity contribution < 1.29 is 43.5 Å². The minimum Gasteiger partial charge on any atom is -0.481 e. The van der Waals surface area contributed by atoms with Crippen LogP contribution in [0.2, 0.25) is 0 Å². The quantitative estimate of drug-likeness (QED) is 0.230. The van der Waals surface area contributed by atoms with Crippen LogP contribution in [-0.4, -0.2) is 87.7 Å². The molecule has 9 heteroatoms. The molecule has 9 nitrogen and oxygen atoms in total. The SMILES string of the molecule is CCOC(CCCCOCCOCCO)COCCOC(=O)CCC(=O)O. The number of carboxylic acid groups (broad SMARTS) is 1. The summed E-state index contributed by atoms with van der Waals surface area (Å²) in [5.74, 6) is -1.56. The van der Waals surface area contributed by atoms with Crippen molar-refractivity contribution in [3.63, 3.8) is 0 Å². The molecule has 27 heavy (non-hydrogen) atoms. The number of carboxylic acids is 1. The minimum atomic E-state index is -1.02. The maximum atomic E-state index is 11.3. The molecule has 0 saturated carbocycles. The van der Waals surface area contributed by atoms with Gasteiger partial charge in [0.15, 0.2) is 0 Å². The molecule has 0 aromatic carbocycles. The van der Waals surface area contributed by atoms with Gasteiger partial charge in [0, 0.05) is 13.2 Å². The minimum absolute atomic E-state index is 0.0219. The lowest BCUT2D eigenvalue weighted by Gasteiger charge is -2.17. The molecule has 0 radical (unpaired) electrons. The van der Waals surface area contributed by atoms with Crippen LogP contribution >= 0.6 is 0 Å². The third-order valence-corrected chi connectivity index (χ3v) is 3.41. The first-order chi connectivity index (χ1) is 13.1. The van der Waals surface area contributed by atoms with Crippen LogP contribution in [0, 0.1) is 0 Å². The molecule has 0 rings (SSSR count). The van der Waals surface area contributed by atoms with E-state index >= 15 is 0 Å². The predicted octanol–water partition coefficient (Wildman–Crippen LogP) is 1.01. The van der Waals surface area contributed by atoms with Crippen LogP contribution in [0.5, 0.6) is 0 Å². The molecule has 0 aromatic rings. The highest BCUT2D eigenvalue weighted by Crippen LogP contribution is 2.06. The van der Waals surface area contributed by atoms with E-state index < -0.39 is 11.9 Å². The van der Waals surface area contributed by atoms with Crippen LogP contribution in [0.3, 0.4) is 0 Å². The number of aliphatic hydroxyl groups is 1. The Morgan fingerprint density at radius 3 is 2.26 bits per heavy atom. The second-order valence-electron chi connectivity index (χ2n) is 5.71. The zero-order valence-electron chi connectivity index (χ0n) is 16.2. The summed E-state index contributed by atoms with van der Waals surface area (Å²) >= 11 is 0. The van der Waals surface area contributed by atoms with Gasteiger partial charge >= 0.3 is 11.9 Å². The summed E-state index contributed by atoms with van der Waals surface area (Å²) in [6, 6.07) is 0. The van der Waals surface area contributed by atoms with Crippen LogP contribution in [0.4, 0.5) is 0 Å². The summed E-state index contributed by atoms with van der Waals surface area (Å²) in [5.41, 5.74) is 0. The monoisotopic (exact) mass is 394 g/mol. The maximum Gasteiger partial charge on any atom is 0.306 e. The molecule has 0 spiro atoms. The summed E-state index contributed by atoms with van der Waals surface area (Å²) in [4.78, 5) is 21.6. The molecule has 0 amide bonds. The smallest absolute Gasteiger partial charge is 0.306 e. The van der Waals surface area contributed by atoms with Gasteiger partial charge in [0.05, 0.1) is 58.6 Å². The third-order valence-electron chi connectivity index (χ3n) is 3.41. The van der Waals surface area contributed by atoms with Crippen molar-refractivity contribution in [3.8, 4) is 0 Å². The topological polar surface area (TPSA) is 121 Å². The average molecular weight is 394 g/mol. The van der Waals surface area contributed by atoms with Gasteiger partial charge in [-0.15, -0.1) is 0 Å². The lowest BCUT2D eigenvalue weighted by Crippen LogP contribution is -2.22. The number of carbonyl (C=O) groups is 2. The van der Waals surface area contributed by atoms with Crippen LogP contribution in [-0.2, 0) is 33.3 Å². The van der Waals surface area contributed by atoms with Gasteiger partial charge in [-0.1, -0.05) is 0 Å². The Kier molecular flexibility index (Phi) is 18.6. The number of unbranched alkanes of at least 4 members (excludes halogenated alkanes) is 1. The van der Waals surface area contributed by atoms with Crippen molar-refractivity contribution >= 4 is 11.9 Å². The first kappa shape index (κ1) is 25.7. The van der Waals surface area contributed by atoms with E-state index in [1.54, 1.807) is 0 Å². The van der Waals surface area contributed by atoms with E-state index in [1.165, 1.54) is 0 Å². The molecule has 0 aliphatic heterocycles. The second-order valence-corrected chi connectivity index (χ2v) is 5.71. The van der Waals surface area contributed by atoms with Gasteiger partial charge in [0.25, 0.3) is 0 Å². The van der Waals surface area contributed by atoms with Gasteiger partial charge in [-0.25, -0.2) is 0 Å². The lowest BCUT2D eigenvalue weighted by molar-refractivity contribution is -0.149. The van der Waals surface area contributed by atoms with Crippen molar-refractivity contribution in [1.29, 1.82) is 0 Å². The second kappa shape index (κ2) is 19.5. The molecule has 0 aromatic heterocycles. The highest BCUT2D eigenvalue weighted by Gasteiger charge is 2.10. The molecule has 0 aliphatic carbocycles. The summed E-state index contributed by atoms with van der Waals surface area (Å²) in [6.07, 6.45) is 2.31. The normalized spacial score (nSPS) is 12.1. The van der Waals surface area contributed by atoms with E-state index in [-0.39, 0.29) is 38.8 Å². The Hall–Kier alpha value is -1.26. The van der Waals surface area contributed by atoms with E-state index in [0.29, 0.717) is 39.6 Å². The largest absolute Gasteiger partial charge is 0.481 e. The zero-order chi connectivity index (χ0) is 20.2. The number of carbonyl (C=O) groups excluding carboxylic acids is 1. The lowest BCUT2D eigenvalue weighted by atomic mass is 10.1. The third kappa shape index (κ3) is 19.3. The molecule has 0 heterocycles. The Bertz CT molecular complexity index is 363. The molecule has 0 fully saturated rings. The van der Waals surface area contributed by atoms with E-state index in [2.05, 4.69) is 0 Å². The van der Waals surface area contributed by atoms with Gasteiger partial charge < -0.3 is 33.9 Å². The van der Waals surface area contributed by atoms with Crippen LogP contribution < -0.4 is 0 Å². The molecule has 160 valence electrons. The molecule has 1 unspecified atom stereocenters. The van der Waals surface area contributed by atoms with E-state index in [9.17, 15) is 9.59 Å². The highest BCUT2D eigenvalue weighted by molar-refractivity contribution is 5.76. The number of rotatable bonds is 20. The number of hydrogen-bond donors (Lipinski definition) is 2. The molecular formula is C18H34O9. The molecule has 0 aliphatic rings. The van der Waals surface area contributed by atoms with E-state index in [1.807, 2.05) is 6.92 Å². The van der Waals surface area contributed by atoms with Crippen LogP contribution in [0.25, 0.3) is 0 Å². The molecular weight excluding hydrogens is 360 g/mol. The van der Waals surface area contributed by atoms with Gasteiger partial charge in [-0.2, -0.15) is 0 Å². The summed E-state index contributed by atoms with van der Waals surface area (Å²) in [6.45, 7) is 5.28. The van der Waals surface area contributed by atoms with Crippen LogP contribution in [0.1, 0.15) is 39.0 Å². The molecule has 0 bridgehead atoms. The fourth-order valence-corrected chi connectivity index (χ4v) is 2.12. The average Bonchev–Trinajstić information content (AvgIpc) is 2.64. The summed E-state index contributed by atoms with van der Waals surface area (Å²) in [7, 11) is 0. The van der Waals surface area contributed by atoms with Gasteiger partial charge in [-0.3, -0.25) is 9.59 Å². The van der Waals surface area contributed by atoms with E-state index in [0.717, 1.165) is 19.3 Å². The van der Waals surface area contributed by atoms with Crippen molar-refractivity contribution in [2.45, 2.75) is 45.1 Å². The number of aliphatic hydroxyl groups excluding tert-OH is 1. The maximum absolute atomic E-state index is 11.3. The number of aliphatic carboxylic acids is 1. The Balaban J connectivity index is 3.59. The molecule has 1 atom stereocenters. The van der Waals surface area contributed by atoms with Gasteiger partial charge in [0.1, 0.15) is 6.61 Å². The zero-order valence-corrected chi connectivity index (χ0v) is 16.2. The first-order valence-corrected chi connectivity index (χ1v) is 9.43. The Labute approximate surface area is 160 Å². The van der Waals surface area contributed by atoms with Crippen molar-refractivity contribution in [2.75, 3.05) is 59.5 Å². The Morgan fingerprint density at radius 1 is 0.889 bits per heavy atom. The molecule has 2 N–H and O–H groups in total. The highest BCUT2D eigenvalue weighted by atomic mass is 16.6. The first-order valence-electron chi connectivity index (χ1n) is 9.43. The van der Waals surface area contributed by atoms with Gasteiger partial charge in [-0.05, 0) is 26.2 Å². The molecule has 0 saturated heterocycles. The Morgan fingerprint density at radius 2 is 1.59 bits per heavy atom. The van der Waals surface area contributed by atoms with Crippen molar-refractivity contribution in [2.24, 2.45) is 0 Å². The summed E-state index contributed by atoms with van der Waals surface area (Å²) < 4.78 is 26.5. The van der Waals surface area contributed by atoms with Crippen molar-refractivity contribution in [1.82, 2.24) is 0 Å². The predicted molar refractivity (Wildman–Crippen MR) is 96.6 cm³/mol. The standard InChI is InChI=1S/C18H34O9/c1-2-26-16(5-3-4-9-23-11-12-24-10-8-19)15-25-13-14-27-18(22)7-6-17(20)21/h16,19H,2-15H2,1H3,(H,20,21). The van der Waals surface area contributed by atoms with Crippen LogP contribution in [0.15, 0.2) is 0 Å². The fraction of sp³-hybridized carbons (Fsp3) is 0.889. The van der Waals surface area contributed by atoms with E-state index in [4.69, 9.17) is 33.9 Å². The number of ether oxygens (including phenoxy) is 5. The van der Waals surface area contributed by atoms with Crippen molar-refractivity contribution in [3.05, 3.63) is 0 Å². The van der Waals surface area contributed by atoms with Gasteiger partial charge in [0.2, 0.25) is 0 Å². The number of hydrogen-bond acceptors (Lipinski definition) is 8. The summed E-state index contributed by atoms with van der Waals surface area (Å²) in [5, 5.41) is 17.0.